The molecule has 1 aliphatic rings. The summed E-state index contributed by atoms with van der Waals surface area (Å²) in [6, 6.07) is 15.9. The third-order valence-electron chi connectivity index (χ3n) is 5.00. The number of rotatable bonds is 5. The van der Waals surface area contributed by atoms with Crippen molar-refractivity contribution >= 4 is 11.6 Å². The zero-order valence-electron chi connectivity index (χ0n) is 15.2. The lowest BCUT2D eigenvalue weighted by molar-refractivity contribution is 0.0921. The van der Waals surface area contributed by atoms with Crippen molar-refractivity contribution < 1.29 is 18.0 Å². The summed E-state index contributed by atoms with van der Waals surface area (Å²) in [5.74, 6) is -0.174. The molecule has 4 nitrogen and oxygen atoms in total. The van der Waals surface area contributed by atoms with E-state index in [9.17, 15) is 13.6 Å². The van der Waals surface area contributed by atoms with Crippen molar-refractivity contribution in [3.05, 3.63) is 78.1 Å². The van der Waals surface area contributed by atoms with Gasteiger partial charge >= 0.3 is 0 Å². The number of hydrogen-bond acceptors (Lipinski definition) is 3. The van der Waals surface area contributed by atoms with Gasteiger partial charge in [-0.15, -0.1) is 0 Å². The lowest BCUT2D eigenvalue weighted by Gasteiger charge is -2.18. The molecule has 4 rings (SSSR count). The van der Waals surface area contributed by atoms with Crippen LogP contribution in [0.2, 0.25) is 0 Å². The van der Waals surface area contributed by atoms with Crippen LogP contribution < -0.4 is 10.2 Å². The Hall–Kier alpha value is -3.15. The third kappa shape index (κ3) is 3.91. The molecule has 1 atom stereocenters. The highest BCUT2D eigenvalue weighted by molar-refractivity contribution is 5.92. The first kappa shape index (κ1) is 18.2. The van der Waals surface area contributed by atoms with Crippen LogP contribution >= 0.6 is 0 Å². The lowest BCUT2D eigenvalue weighted by Crippen LogP contribution is -2.30. The molecule has 0 radical (unpaired) electrons. The number of nitrogens with zero attached hydrogens (tertiary/aromatic N) is 1. The Balaban J connectivity index is 1.33. The number of furan rings is 1. The molecule has 144 valence electrons. The van der Waals surface area contributed by atoms with Crippen molar-refractivity contribution in [1.29, 1.82) is 0 Å². The zero-order valence-corrected chi connectivity index (χ0v) is 15.2. The highest BCUT2D eigenvalue weighted by Crippen LogP contribution is 2.26. The molecule has 1 aromatic heterocycles. The molecule has 6 heteroatoms. The van der Waals surface area contributed by atoms with E-state index in [4.69, 9.17) is 4.42 Å². The fraction of sp³-hybridized carbons (Fsp3) is 0.227. The molecule has 28 heavy (non-hydrogen) atoms. The van der Waals surface area contributed by atoms with Gasteiger partial charge in [-0.25, -0.2) is 8.78 Å². The molecule has 0 saturated carbocycles. The normalized spacial score (nSPS) is 16.4. The Morgan fingerprint density at radius 3 is 2.64 bits per heavy atom. The van der Waals surface area contributed by atoms with E-state index in [-0.39, 0.29) is 17.5 Å². The fourth-order valence-electron chi connectivity index (χ4n) is 3.48. The molecule has 1 aliphatic heterocycles. The predicted octanol–water partition coefficient (Wildman–Crippen LogP) is 4.48. The van der Waals surface area contributed by atoms with Crippen LogP contribution in [-0.2, 0) is 0 Å². The van der Waals surface area contributed by atoms with Gasteiger partial charge in [0, 0.05) is 25.3 Å². The van der Waals surface area contributed by atoms with Gasteiger partial charge in [-0.1, -0.05) is 12.1 Å². The number of nitrogens with one attached hydrogen (secondary N) is 1. The molecule has 1 saturated heterocycles. The van der Waals surface area contributed by atoms with E-state index in [0.717, 1.165) is 25.2 Å². The maximum Gasteiger partial charge on any atom is 0.287 e. The highest BCUT2D eigenvalue weighted by Gasteiger charge is 2.24. The first-order valence-electron chi connectivity index (χ1n) is 9.23. The second-order valence-electron chi connectivity index (χ2n) is 6.93. The van der Waals surface area contributed by atoms with Crippen molar-refractivity contribution in [2.75, 3.05) is 24.5 Å². The smallest absolute Gasteiger partial charge is 0.287 e. The molecule has 2 aromatic carbocycles. The largest absolute Gasteiger partial charge is 0.451 e. The monoisotopic (exact) mass is 382 g/mol. The molecular formula is C22H20F2N2O2. The van der Waals surface area contributed by atoms with Crippen LogP contribution in [-0.4, -0.2) is 25.5 Å². The second kappa shape index (κ2) is 7.84. The number of amides is 1. The van der Waals surface area contributed by atoms with Crippen molar-refractivity contribution in [2.24, 2.45) is 5.92 Å². The third-order valence-corrected chi connectivity index (χ3v) is 5.00. The molecule has 1 amide bonds. The Labute approximate surface area is 161 Å². The van der Waals surface area contributed by atoms with Gasteiger partial charge in [0.1, 0.15) is 17.4 Å². The number of anilines is 1. The van der Waals surface area contributed by atoms with Crippen LogP contribution in [0.15, 0.2) is 65.1 Å². The summed E-state index contributed by atoms with van der Waals surface area (Å²) in [6.45, 7) is 2.18. The van der Waals surface area contributed by atoms with Crippen molar-refractivity contribution in [3.63, 3.8) is 0 Å². The highest BCUT2D eigenvalue weighted by atomic mass is 19.1. The van der Waals surface area contributed by atoms with Crippen LogP contribution in [0.5, 0.6) is 0 Å². The topological polar surface area (TPSA) is 45.5 Å². The molecule has 1 fully saturated rings. The fourth-order valence-corrected chi connectivity index (χ4v) is 3.48. The first-order valence-corrected chi connectivity index (χ1v) is 9.23. The minimum absolute atomic E-state index is 0.159. The van der Waals surface area contributed by atoms with Gasteiger partial charge in [0.2, 0.25) is 0 Å². The Kier molecular flexibility index (Phi) is 5.10. The molecule has 0 unspecified atom stereocenters. The molecule has 2 heterocycles. The van der Waals surface area contributed by atoms with Gasteiger partial charge < -0.3 is 14.6 Å². The van der Waals surface area contributed by atoms with E-state index >= 15 is 0 Å². The SMILES string of the molecule is O=C(NC[C@H]1CCN(c2ccc(F)cc2)C1)c1ccc(-c2ccccc2F)o1. The summed E-state index contributed by atoms with van der Waals surface area (Å²) in [5.41, 5.74) is 1.31. The van der Waals surface area contributed by atoms with Gasteiger partial charge in [0.05, 0.1) is 5.56 Å². The minimum atomic E-state index is -0.393. The van der Waals surface area contributed by atoms with Gasteiger partial charge in [0.15, 0.2) is 5.76 Å². The molecule has 1 N–H and O–H groups in total. The van der Waals surface area contributed by atoms with E-state index in [1.54, 1.807) is 42.5 Å². The van der Waals surface area contributed by atoms with E-state index in [0.29, 0.717) is 23.8 Å². The Morgan fingerprint density at radius 2 is 1.86 bits per heavy atom. The molecule has 0 aliphatic carbocycles. The van der Waals surface area contributed by atoms with Gasteiger partial charge in [-0.3, -0.25) is 4.79 Å². The van der Waals surface area contributed by atoms with E-state index < -0.39 is 5.82 Å². The second-order valence-corrected chi connectivity index (χ2v) is 6.93. The van der Waals surface area contributed by atoms with Crippen molar-refractivity contribution in [1.82, 2.24) is 5.32 Å². The summed E-state index contributed by atoms with van der Waals surface area (Å²) in [6.07, 6.45) is 0.941. The van der Waals surface area contributed by atoms with Crippen LogP contribution in [0.25, 0.3) is 11.3 Å². The average Bonchev–Trinajstić information content (AvgIpc) is 3.37. The van der Waals surface area contributed by atoms with Crippen LogP contribution in [0.3, 0.4) is 0 Å². The average molecular weight is 382 g/mol. The standard InChI is InChI=1S/C22H20F2N2O2/c23-16-5-7-17(8-6-16)26-12-11-15(14-26)13-25-22(27)21-10-9-20(28-21)18-3-1-2-4-19(18)24/h1-10,15H,11-14H2,(H,25,27)/t15-/m1/s1. The Bertz CT molecular complexity index is 969. The summed E-state index contributed by atoms with van der Waals surface area (Å²) in [5, 5.41) is 2.89. The van der Waals surface area contributed by atoms with E-state index in [2.05, 4.69) is 10.2 Å². The molecular weight excluding hydrogens is 362 g/mol. The van der Waals surface area contributed by atoms with E-state index in [1.165, 1.54) is 18.2 Å². The quantitative estimate of drug-likeness (QED) is 0.708. The number of benzene rings is 2. The van der Waals surface area contributed by atoms with Gasteiger partial charge in [-0.2, -0.15) is 0 Å². The maximum absolute atomic E-state index is 13.9. The Morgan fingerprint density at radius 1 is 1.07 bits per heavy atom. The van der Waals surface area contributed by atoms with Crippen LogP contribution in [0.4, 0.5) is 14.5 Å². The summed E-state index contributed by atoms with van der Waals surface area (Å²) < 4.78 is 32.4. The van der Waals surface area contributed by atoms with Crippen LogP contribution in [0, 0.1) is 17.6 Å². The van der Waals surface area contributed by atoms with Gasteiger partial charge in [-0.05, 0) is 60.9 Å². The van der Waals surface area contributed by atoms with E-state index in [1.807, 2.05) is 0 Å². The zero-order chi connectivity index (χ0) is 19.5. The summed E-state index contributed by atoms with van der Waals surface area (Å²) in [4.78, 5) is 14.5. The van der Waals surface area contributed by atoms with Crippen molar-refractivity contribution in [3.8, 4) is 11.3 Å². The number of carbonyl (C=O) groups excluding carboxylic acids is 1. The number of halogens is 2. The molecule has 0 spiro atoms. The lowest BCUT2D eigenvalue weighted by atomic mass is 10.1. The number of hydrogen-bond donors (Lipinski definition) is 1. The number of carbonyl (C=O) groups is 1. The summed E-state index contributed by atoms with van der Waals surface area (Å²) >= 11 is 0. The summed E-state index contributed by atoms with van der Waals surface area (Å²) in [7, 11) is 0. The molecule has 3 aromatic rings. The maximum atomic E-state index is 13.9. The molecule has 0 bridgehead atoms. The van der Waals surface area contributed by atoms with Crippen molar-refractivity contribution in [2.45, 2.75) is 6.42 Å². The predicted molar refractivity (Wildman–Crippen MR) is 103 cm³/mol. The van der Waals surface area contributed by atoms with Gasteiger partial charge in [0.25, 0.3) is 5.91 Å². The minimum Gasteiger partial charge on any atom is -0.451 e. The van der Waals surface area contributed by atoms with Crippen LogP contribution in [0.1, 0.15) is 17.0 Å². The first-order chi connectivity index (χ1) is 13.6.